The highest BCUT2D eigenvalue weighted by Crippen LogP contribution is 2.60. The maximum absolute atomic E-state index is 13.5. The fraction of sp³-hybridized carbons (Fsp3) is 0.381. The number of fused-ring (bicyclic) bond motifs is 2. The number of hydrogen-bond donors (Lipinski definition) is 0. The molecule has 1 aromatic carbocycles. The summed E-state index contributed by atoms with van der Waals surface area (Å²) in [7, 11) is 2.10. The van der Waals surface area contributed by atoms with Crippen molar-refractivity contribution in [2.45, 2.75) is 31.2 Å². The van der Waals surface area contributed by atoms with E-state index in [1.54, 1.807) is 12.1 Å². The molecule has 1 spiro atoms. The summed E-state index contributed by atoms with van der Waals surface area (Å²) in [6.07, 6.45) is 0. The highest BCUT2D eigenvalue weighted by Gasteiger charge is 2.78. The van der Waals surface area contributed by atoms with Crippen LogP contribution in [0.25, 0.3) is 0 Å². The molecule has 0 aliphatic carbocycles. The van der Waals surface area contributed by atoms with Gasteiger partial charge in [-0.05, 0) is 19.9 Å². The number of carbonyl (C=O) groups excluding carboxylic acids is 5. The van der Waals surface area contributed by atoms with Crippen molar-refractivity contribution < 1.29 is 42.9 Å². The van der Waals surface area contributed by atoms with Gasteiger partial charge < -0.3 is 18.9 Å². The Labute approximate surface area is 176 Å². The molecule has 1 saturated heterocycles. The van der Waals surface area contributed by atoms with Gasteiger partial charge in [0.1, 0.15) is 11.1 Å². The number of methoxy groups -OCH3 is 2. The molecule has 1 amide bonds. The van der Waals surface area contributed by atoms with Gasteiger partial charge in [0.15, 0.2) is 0 Å². The first-order chi connectivity index (χ1) is 14.7. The van der Waals surface area contributed by atoms with Crippen LogP contribution in [0.1, 0.15) is 29.8 Å². The van der Waals surface area contributed by atoms with E-state index in [4.69, 9.17) is 18.9 Å². The number of ether oxygens (including phenoxy) is 4. The van der Waals surface area contributed by atoms with Gasteiger partial charge in [-0.25, -0.2) is 14.4 Å². The smallest absolute Gasteiger partial charge is 0.351 e. The van der Waals surface area contributed by atoms with Gasteiger partial charge in [-0.3, -0.25) is 14.5 Å². The van der Waals surface area contributed by atoms with Crippen LogP contribution in [0.2, 0.25) is 0 Å². The zero-order valence-electron chi connectivity index (χ0n) is 17.2. The molecule has 3 aliphatic heterocycles. The van der Waals surface area contributed by atoms with Crippen molar-refractivity contribution in [1.82, 2.24) is 4.90 Å². The summed E-state index contributed by atoms with van der Waals surface area (Å²) in [4.78, 5) is 66.9. The standard InChI is InChI=1S/C21H19NO9/c1-5-30-19(27)20-13(17(25)28-3)14(18(26)29-4)21(31-20)12-9-7-6-8-11(12)16(24)22(21)10(2)15(20)23/h6-10H,5H2,1-4H3/t10-,20+,21-/m0/s1. The van der Waals surface area contributed by atoms with E-state index >= 15 is 0 Å². The van der Waals surface area contributed by atoms with E-state index in [9.17, 15) is 24.0 Å². The topological polar surface area (TPSA) is 126 Å². The number of amides is 1. The first kappa shape index (κ1) is 20.7. The molecular formula is C21H19NO9. The molecule has 0 unspecified atom stereocenters. The van der Waals surface area contributed by atoms with Crippen LogP contribution in [0, 0.1) is 0 Å². The van der Waals surface area contributed by atoms with Crippen LogP contribution in [0.4, 0.5) is 0 Å². The number of rotatable bonds is 4. The van der Waals surface area contributed by atoms with Gasteiger partial charge in [-0.15, -0.1) is 0 Å². The molecule has 2 bridgehead atoms. The first-order valence-electron chi connectivity index (χ1n) is 9.50. The van der Waals surface area contributed by atoms with Crippen LogP contribution in [0.15, 0.2) is 35.4 Å². The maximum atomic E-state index is 13.5. The SMILES string of the molecule is CCOC(=O)[C@@]12O[C@]3(C(C(=O)OC)=C1C(=O)OC)c1ccccc1C(=O)N3[C@@H](C)C2=O. The molecule has 0 saturated carbocycles. The predicted octanol–water partition coefficient (Wildman–Crippen LogP) is 0.241. The number of Topliss-reactive ketones (excluding diaryl/α,β-unsaturated/α-hetero) is 1. The lowest BCUT2D eigenvalue weighted by Gasteiger charge is -2.46. The number of nitrogens with zero attached hydrogens (tertiary/aromatic N) is 1. The summed E-state index contributed by atoms with van der Waals surface area (Å²) >= 11 is 0. The Morgan fingerprint density at radius 1 is 1.06 bits per heavy atom. The Balaban J connectivity index is 2.18. The minimum atomic E-state index is -2.60. The van der Waals surface area contributed by atoms with Crippen LogP contribution in [-0.4, -0.2) is 67.0 Å². The van der Waals surface area contributed by atoms with Gasteiger partial charge in [-0.1, -0.05) is 18.2 Å². The van der Waals surface area contributed by atoms with Crippen LogP contribution in [-0.2, 0) is 43.9 Å². The Morgan fingerprint density at radius 2 is 1.68 bits per heavy atom. The number of benzene rings is 1. The van der Waals surface area contributed by atoms with Crippen molar-refractivity contribution in [3.63, 3.8) is 0 Å². The van der Waals surface area contributed by atoms with Crippen molar-refractivity contribution in [3.8, 4) is 0 Å². The molecule has 31 heavy (non-hydrogen) atoms. The van der Waals surface area contributed by atoms with E-state index in [0.29, 0.717) is 0 Å². The number of esters is 3. The van der Waals surface area contributed by atoms with E-state index in [1.807, 2.05) is 0 Å². The van der Waals surface area contributed by atoms with Gasteiger partial charge in [0.2, 0.25) is 11.5 Å². The van der Waals surface area contributed by atoms with Gasteiger partial charge in [-0.2, -0.15) is 0 Å². The Morgan fingerprint density at radius 3 is 2.29 bits per heavy atom. The molecule has 0 aromatic heterocycles. The molecule has 3 atom stereocenters. The quantitative estimate of drug-likeness (QED) is 0.376. The number of carbonyl (C=O) groups is 5. The third-order valence-corrected chi connectivity index (χ3v) is 5.78. The molecule has 4 rings (SSSR count). The zero-order valence-corrected chi connectivity index (χ0v) is 17.2. The average Bonchev–Trinajstić information content (AvgIpc) is 3.21. The van der Waals surface area contributed by atoms with Gasteiger partial charge >= 0.3 is 17.9 Å². The van der Waals surface area contributed by atoms with Crippen LogP contribution < -0.4 is 0 Å². The Bertz CT molecular complexity index is 1090. The van der Waals surface area contributed by atoms with Gasteiger partial charge in [0.05, 0.1) is 26.9 Å². The summed E-state index contributed by atoms with van der Waals surface area (Å²) in [6.45, 7) is 2.78. The van der Waals surface area contributed by atoms with E-state index in [2.05, 4.69) is 0 Å². The second-order valence-corrected chi connectivity index (χ2v) is 7.14. The molecule has 1 aromatic rings. The minimum Gasteiger partial charge on any atom is -0.466 e. The summed E-state index contributed by atoms with van der Waals surface area (Å²) in [5, 5.41) is 0. The molecule has 3 heterocycles. The third-order valence-electron chi connectivity index (χ3n) is 5.78. The lowest BCUT2D eigenvalue weighted by Crippen LogP contribution is -2.67. The molecule has 10 heteroatoms. The predicted molar refractivity (Wildman–Crippen MR) is 100 cm³/mol. The molecule has 0 radical (unpaired) electrons. The van der Waals surface area contributed by atoms with Gasteiger partial charge in [0.25, 0.3) is 11.5 Å². The lowest BCUT2D eigenvalue weighted by atomic mass is 9.85. The largest absolute Gasteiger partial charge is 0.466 e. The molecule has 0 N–H and O–H groups in total. The number of ketones is 1. The maximum Gasteiger partial charge on any atom is 0.351 e. The normalized spacial score (nSPS) is 28.3. The van der Waals surface area contributed by atoms with Crippen LogP contribution in [0.3, 0.4) is 0 Å². The van der Waals surface area contributed by atoms with Crippen LogP contribution >= 0.6 is 0 Å². The Hall–Kier alpha value is -3.53. The summed E-state index contributed by atoms with van der Waals surface area (Å²) in [5.41, 5.74) is -5.39. The molecular weight excluding hydrogens is 410 g/mol. The monoisotopic (exact) mass is 429 g/mol. The molecule has 1 fully saturated rings. The van der Waals surface area contributed by atoms with Crippen molar-refractivity contribution in [3.05, 3.63) is 46.5 Å². The second kappa shape index (κ2) is 6.74. The third kappa shape index (κ3) is 2.22. The van der Waals surface area contributed by atoms with Gasteiger partial charge in [0, 0.05) is 11.1 Å². The van der Waals surface area contributed by atoms with Crippen molar-refractivity contribution in [1.29, 1.82) is 0 Å². The number of hydrogen-bond acceptors (Lipinski definition) is 9. The van der Waals surface area contributed by atoms with E-state index in [1.165, 1.54) is 26.0 Å². The Kier molecular flexibility index (Phi) is 4.51. The second-order valence-electron chi connectivity index (χ2n) is 7.14. The molecule has 10 nitrogen and oxygen atoms in total. The highest BCUT2D eigenvalue weighted by atomic mass is 16.6. The summed E-state index contributed by atoms with van der Waals surface area (Å²) in [5.74, 6) is -4.90. The van der Waals surface area contributed by atoms with Crippen molar-refractivity contribution in [2.24, 2.45) is 0 Å². The highest BCUT2D eigenvalue weighted by molar-refractivity contribution is 6.25. The van der Waals surface area contributed by atoms with Crippen molar-refractivity contribution in [2.75, 3.05) is 20.8 Å². The molecule has 162 valence electrons. The fourth-order valence-corrected chi connectivity index (χ4v) is 4.60. The van der Waals surface area contributed by atoms with E-state index < -0.39 is 58.1 Å². The summed E-state index contributed by atoms with van der Waals surface area (Å²) in [6, 6.07) is 5.00. The first-order valence-corrected chi connectivity index (χ1v) is 9.50. The van der Waals surface area contributed by atoms with E-state index in [-0.39, 0.29) is 17.7 Å². The molecule has 3 aliphatic rings. The van der Waals surface area contributed by atoms with Crippen molar-refractivity contribution >= 4 is 29.6 Å². The zero-order chi connectivity index (χ0) is 22.7. The fourth-order valence-electron chi connectivity index (χ4n) is 4.60. The van der Waals surface area contributed by atoms with E-state index in [0.717, 1.165) is 19.1 Å². The van der Waals surface area contributed by atoms with Crippen LogP contribution in [0.5, 0.6) is 0 Å². The average molecular weight is 429 g/mol. The minimum absolute atomic E-state index is 0.125. The summed E-state index contributed by atoms with van der Waals surface area (Å²) < 4.78 is 20.9. The lowest BCUT2D eigenvalue weighted by molar-refractivity contribution is -0.221.